The van der Waals surface area contributed by atoms with E-state index in [0.29, 0.717) is 23.7 Å². The molecule has 1 fully saturated rings. The Morgan fingerprint density at radius 3 is 2.32 bits per heavy atom. The van der Waals surface area contributed by atoms with Gasteiger partial charge in [-0.2, -0.15) is 0 Å². The average Bonchev–Trinajstić information content (AvgIpc) is 3.15. The van der Waals surface area contributed by atoms with Crippen molar-refractivity contribution in [2.45, 2.75) is 19.3 Å². The number of halogens is 4. The van der Waals surface area contributed by atoms with Crippen LogP contribution in [-0.2, 0) is 9.59 Å². The monoisotopic (exact) mass is 547 g/mol. The first-order valence-electron chi connectivity index (χ1n) is 11.3. The first kappa shape index (κ1) is 26.9. The van der Waals surface area contributed by atoms with Gasteiger partial charge in [0.05, 0.1) is 30.4 Å². The molecule has 11 heteroatoms. The van der Waals surface area contributed by atoms with Crippen LogP contribution < -0.4 is 19.1 Å². The second-order valence-corrected chi connectivity index (χ2v) is 8.47. The highest BCUT2D eigenvalue weighted by Gasteiger charge is 2.47. The number of anilines is 1. The van der Waals surface area contributed by atoms with Crippen LogP contribution >= 0.6 is 11.6 Å². The fourth-order valence-electron chi connectivity index (χ4n) is 4.12. The van der Waals surface area contributed by atoms with Crippen molar-refractivity contribution < 1.29 is 42.1 Å². The molecule has 1 N–H and O–H groups in total. The summed E-state index contributed by atoms with van der Waals surface area (Å²) in [7, 11) is 1.44. The topological polar surface area (TPSA) is 85.3 Å². The van der Waals surface area contributed by atoms with E-state index in [2.05, 4.69) is 4.74 Å². The van der Waals surface area contributed by atoms with Gasteiger partial charge in [0, 0.05) is 11.3 Å². The lowest BCUT2D eigenvalue weighted by Crippen LogP contribution is -2.29. The molecule has 0 aromatic heterocycles. The molecule has 0 spiro atoms. The molecule has 1 atom stereocenters. The van der Waals surface area contributed by atoms with Crippen LogP contribution in [0.2, 0.25) is 5.02 Å². The van der Waals surface area contributed by atoms with Crippen LogP contribution in [0, 0.1) is 0 Å². The molecule has 38 heavy (non-hydrogen) atoms. The van der Waals surface area contributed by atoms with E-state index in [1.807, 2.05) is 0 Å². The maximum Gasteiger partial charge on any atom is 0.573 e. The predicted octanol–water partition coefficient (Wildman–Crippen LogP) is 6.27. The molecule has 1 heterocycles. The number of ether oxygens (including phenoxy) is 3. The zero-order valence-electron chi connectivity index (χ0n) is 20.1. The third-order valence-electron chi connectivity index (χ3n) is 5.71. The molecule has 1 amide bonds. The molecule has 1 aliphatic rings. The Morgan fingerprint density at radius 2 is 1.68 bits per heavy atom. The minimum Gasteiger partial charge on any atom is -0.507 e. The molecule has 1 saturated heterocycles. The second kappa shape index (κ2) is 10.7. The third-order valence-corrected chi connectivity index (χ3v) is 6.04. The van der Waals surface area contributed by atoms with Gasteiger partial charge in [-0.3, -0.25) is 14.5 Å². The highest BCUT2D eigenvalue weighted by molar-refractivity contribution is 6.52. The summed E-state index contributed by atoms with van der Waals surface area (Å²) in [5.74, 6) is -2.26. The van der Waals surface area contributed by atoms with Crippen molar-refractivity contribution >= 4 is 34.7 Å². The van der Waals surface area contributed by atoms with Crippen molar-refractivity contribution in [3.8, 4) is 17.2 Å². The van der Waals surface area contributed by atoms with Gasteiger partial charge < -0.3 is 19.3 Å². The number of aliphatic hydroxyl groups is 1. The average molecular weight is 548 g/mol. The number of hydrogen-bond donors (Lipinski definition) is 1. The molecule has 4 rings (SSSR count). The van der Waals surface area contributed by atoms with E-state index in [1.54, 1.807) is 37.3 Å². The minimum absolute atomic E-state index is 0.0671. The fourth-order valence-corrected chi connectivity index (χ4v) is 4.33. The van der Waals surface area contributed by atoms with Crippen LogP contribution in [0.5, 0.6) is 17.2 Å². The molecular formula is C27H21ClF3NO6. The van der Waals surface area contributed by atoms with Gasteiger partial charge in [-0.05, 0) is 67.1 Å². The lowest BCUT2D eigenvalue weighted by molar-refractivity contribution is -0.274. The van der Waals surface area contributed by atoms with Crippen molar-refractivity contribution in [3.63, 3.8) is 0 Å². The summed E-state index contributed by atoms with van der Waals surface area (Å²) in [5.41, 5.74) is 0.298. The number of Topliss-reactive ketones (excluding diaryl/α,β-unsaturated/α-hetero) is 1. The van der Waals surface area contributed by atoms with Crippen molar-refractivity contribution in [1.29, 1.82) is 0 Å². The normalized spacial score (nSPS) is 17.0. The maximum absolute atomic E-state index is 13.3. The standard InChI is InChI=1S/C27H21ClF3NO6/c1-3-37-19-11-12-21(28)20(14-19)24(33)22-23(15-5-4-6-18(13-15)36-2)32(26(35)25(22)34)16-7-9-17(10-8-16)38-27(29,30)31/h4-14,23,33H,3H2,1-2H3/b24-22+. The minimum atomic E-state index is -4.90. The van der Waals surface area contributed by atoms with Crippen LogP contribution in [0.1, 0.15) is 24.1 Å². The largest absolute Gasteiger partial charge is 0.573 e. The van der Waals surface area contributed by atoms with Gasteiger partial charge in [0.2, 0.25) is 0 Å². The maximum atomic E-state index is 13.3. The van der Waals surface area contributed by atoms with Gasteiger partial charge in [0.15, 0.2) is 0 Å². The smallest absolute Gasteiger partial charge is 0.507 e. The molecule has 0 bridgehead atoms. The number of amides is 1. The number of methoxy groups -OCH3 is 1. The van der Waals surface area contributed by atoms with E-state index in [1.165, 1.54) is 31.4 Å². The molecule has 3 aromatic carbocycles. The highest BCUT2D eigenvalue weighted by Crippen LogP contribution is 2.44. The van der Waals surface area contributed by atoms with Gasteiger partial charge in [0.25, 0.3) is 11.7 Å². The molecule has 1 unspecified atom stereocenters. The van der Waals surface area contributed by atoms with E-state index in [-0.39, 0.29) is 21.8 Å². The van der Waals surface area contributed by atoms with E-state index in [9.17, 15) is 27.9 Å². The fraction of sp³-hybridized carbons (Fsp3) is 0.185. The van der Waals surface area contributed by atoms with Crippen LogP contribution in [0.4, 0.5) is 18.9 Å². The SMILES string of the molecule is CCOc1ccc(Cl)c(/C(O)=C2\C(=O)C(=O)N(c3ccc(OC(F)(F)F)cc3)C2c2cccc(OC)c2)c1. The van der Waals surface area contributed by atoms with Crippen LogP contribution in [0.25, 0.3) is 5.76 Å². The van der Waals surface area contributed by atoms with Crippen LogP contribution in [0.3, 0.4) is 0 Å². The zero-order valence-corrected chi connectivity index (χ0v) is 20.8. The number of carbonyl (C=O) groups excluding carboxylic acids is 2. The molecule has 0 saturated carbocycles. The summed E-state index contributed by atoms with van der Waals surface area (Å²) in [4.78, 5) is 27.7. The van der Waals surface area contributed by atoms with Gasteiger partial charge in [-0.25, -0.2) is 0 Å². The Balaban J connectivity index is 1.90. The molecule has 0 aliphatic carbocycles. The van der Waals surface area contributed by atoms with Crippen LogP contribution in [-0.4, -0.2) is 36.9 Å². The van der Waals surface area contributed by atoms with E-state index in [4.69, 9.17) is 21.1 Å². The third kappa shape index (κ3) is 5.40. The van der Waals surface area contributed by atoms with Gasteiger partial charge >= 0.3 is 6.36 Å². The number of alkyl halides is 3. The molecule has 1 aliphatic heterocycles. The van der Waals surface area contributed by atoms with E-state index >= 15 is 0 Å². The summed E-state index contributed by atoms with van der Waals surface area (Å²) in [6.07, 6.45) is -4.90. The number of rotatable bonds is 7. The molecule has 0 radical (unpaired) electrons. The molecule has 7 nitrogen and oxygen atoms in total. The van der Waals surface area contributed by atoms with E-state index < -0.39 is 35.6 Å². The Labute approximate surface area is 220 Å². The first-order chi connectivity index (χ1) is 18.0. The molecular weight excluding hydrogens is 527 g/mol. The Bertz CT molecular complexity index is 1400. The lowest BCUT2D eigenvalue weighted by atomic mass is 9.95. The summed E-state index contributed by atoms with van der Waals surface area (Å²) < 4.78 is 52.5. The number of benzene rings is 3. The summed E-state index contributed by atoms with van der Waals surface area (Å²) >= 11 is 6.33. The quantitative estimate of drug-likeness (QED) is 0.213. The van der Waals surface area contributed by atoms with E-state index in [0.717, 1.165) is 17.0 Å². The lowest BCUT2D eigenvalue weighted by Gasteiger charge is -2.26. The highest BCUT2D eigenvalue weighted by atomic mass is 35.5. The Morgan fingerprint density at radius 1 is 1.00 bits per heavy atom. The number of hydrogen-bond acceptors (Lipinski definition) is 6. The number of aliphatic hydroxyl groups excluding tert-OH is 1. The summed E-state index contributed by atoms with van der Waals surface area (Å²) in [6.45, 7) is 2.11. The van der Waals surface area contributed by atoms with Crippen molar-refractivity contribution in [3.05, 3.63) is 88.5 Å². The summed E-state index contributed by atoms with van der Waals surface area (Å²) in [5, 5.41) is 11.4. The molecule has 198 valence electrons. The van der Waals surface area contributed by atoms with Gasteiger partial charge in [-0.1, -0.05) is 23.7 Å². The number of nitrogens with zero attached hydrogens (tertiary/aromatic N) is 1. The zero-order chi connectivity index (χ0) is 27.6. The predicted molar refractivity (Wildman–Crippen MR) is 134 cm³/mol. The van der Waals surface area contributed by atoms with Crippen molar-refractivity contribution in [2.24, 2.45) is 0 Å². The van der Waals surface area contributed by atoms with Crippen molar-refractivity contribution in [1.82, 2.24) is 0 Å². The Hall–Kier alpha value is -4.18. The van der Waals surface area contributed by atoms with Gasteiger partial charge in [0.1, 0.15) is 23.0 Å². The number of ketones is 1. The van der Waals surface area contributed by atoms with Gasteiger partial charge in [-0.15, -0.1) is 13.2 Å². The Kier molecular flexibility index (Phi) is 7.54. The molecule has 3 aromatic rings. The second-order valence-electron chi connectivity index (χ2n) is 8.06. The van der Waals surface area contributed by atoms with Crippen LogP contribution in [0.15, 0.2) is 72.3 Å². The number of carbonyl (C=O) groups is 2. The summed E-state index contributed by atoms with van der Waals surface area (Å²) in [6, 6.07) is 14.3. The first-order valence-corrected chi connectivity index (χ1v) is 11.6. The van der Waals surface area contributed by atoms with Crippen molar-refractivity contribution in [2.75, 3.05) is 18.6 Å².